The summed E-state index contributed by atoms with van der Waals surface area (Å²) >= 11 is 13.3. The van der Waals surface area contributed by atoms with E-state index >= 15 is 0 Å². The molecule has 0 bridgehead atoms. The molecule has 1 aliphatic rings. The number of rotatable bonds is 4. The summed E-state index contributed by atoms with van der Waals surface area (Å²) in [5, 5.41) is 22.5. The zero-order chi connectivity index (χ0) is 25.4. The molecule has 0 radical (unpaired) electrons. The van der Waals surface area contributed by atoms with E-state index in [0.717, 1.165) is 22.2 Å². The van der Waals surface area contributed by atoms with Crippen molar-refractivity contribution in [2.24, 2.45) is 0 Å². The Morgan fingerprint density at radius 2 is 1.81 bits per heavy atom. The highest BCUT2D eigenvalue weighted by Gasteiger charge is 2.28. The number of benzene rings is 3. The van der Waals surface area contributed by atoms with Gasteiger partial charge in [-0.3, -0.25) is 4.79 Å². The molecule has 182 valence electrons. The molecule has 1 aliphatic heterocycles. The highest BCUT2D eigenvalue weighted by Crippen LogP contribution is 2.40. The maximum absolute atomic E-state index is 13.2. The third-order valence-corrected chi connectivity index (χ3v) is 7.25. The number of carbonyl (C=O) groups is 1. The number of carbonyl (C=O) groups excluding carboxylic acids is 1. The number of morpholine rings is 1. The average Bonchev–Trinajstić information content (AvgIpc) is 3.29. The minimum absolute atomic E-state index is 0.116. The van der Waals surface area contributed by atoms with Gasteiger partial charge in [-0.2, -0.15) is 5.26 Å². The maximum atomic E-state index is 13.2. The largest absolute Gasteiger partial charge is 0.382 e. The predicted octanol–water partition coefficient (Wildman–Crippen LogP) is 5.67. The van der Waals surface area contributed by atoms with E-state index in [9.17, 15) is 15.2 Å². The molecule has 0 spiro atoms. The minimum atomic E-state index is -1.24. The molecule has 0 saturated carbocycles. The molecular formula is C28H23Cl2N3O3. The molecule has 0 aliphatic carbocycles. The molecule has 1 unspecified atom stereocenters. The molecule has 8 heteroatoms. The number of amides is 1. The SMILES string of the molecule is Cc1cc(C#N)cc2c1cc(C(O)c1c(Cl)ccc(C(=O)N3CCOCC3)c1Cl)n2-c1ccccc1. The number of hydrogen-bond acceptors (Lipinski definition) is 4. The fourth-order valence-electron chi connectivity index (χ4n) is 4.70. The number of aromatic nitrogens is 1. The van der Waals surface area contributed by atoms with Crippen LogP contribution in [0, 0.1) is 18.3 Å². The zero-order valence-corrected chi connectivity index (χ0v) is 21.1. The van der Waals surface area contributed by atoms with Gasteiger partial charge >= 0.3 is 0 Å². The van der Waals surface area contributed by atoms with E-state index in [4.69, 9.17) is 27.9 Å². The summed E-state index contributed by atoms with van der Waals surface area (Å²) < 4.78 is 7.25. The van der Waals surface area contributed by atoms with Crippen LogP contribution in [0.5, 0.6) is 0 Å². The summed E-state index contributed by atoms with van der Waals surface area (Å²) in [6, 6.07) is 20.4. The topological polar surface area (TPSA) is 78.5 Å². The van der Waals surface area contributed by atoms with E-state index in [1.54, 1.807) is 23.1 Å². The van der Waals surface area contributed by atoms with Gasteiger partial charge in [0.1, 0.15) is 6.10 Å². The zero-order valence-electron chi connectivity index (χ0n) is 19.5. The number of halogens is 2. The molecule has 3 aromatic carbocycles. The van der Waals surface area contributed by atoms with Gasteiger partial charge in [0.25, 0.3) is 5.91 Å². The number of ether oxygens (including phenoxy) is 1. The van der Waals surface area contributed by atoms with Crippen molar-refractivity contribution in [2.45, 2.75) is 13.0 Å². The second kappa shape index (κ2) is 9.96. The first-order valence-corrected chi connectivity index (χ1v) is 12.3. The number of hydrogen-bond donors (Lipinski definition) is 1. The van der Waals surface area contributed by atoms with Crippen LogP contribution in [0.25, 0.3) is 16.6 Å². The average molecular weight is 520 g/mol. The predicted molar refractivity (Wildman–Crippen MR) is 140 cm³/mol. The standard InChI is InChI=1S/C28H23Cl2N3O3/c1-17-13-18(16-31)14-23-21(17)15-24(33(23)19-5-3-2-4-6-19)27(34)25-22(29)8-7-20(26(25)30)28(35)32-9-11-36-12-10-32/h2-8,13-15,27,34H,9-12H2,1H3. The van der Waals surface area contributed by atoms with Crippen LogP contribution < -0.4 is 0 Å². The molecule has 1 aromatic heterocycles. The highest BCUT2D eigenvalue weighted by atomic mass is 35.5. The van der Waals surface area contributed by atoms with Gasteiger partial charge in [-0.25, -0.2) is 0 Å². The molecule has 36 heavy (non-hydrogen) atoms. The summed E-state index contributed by atoms with van der Waals surface area (Å²) in [5.41, 5.74) is 4.07. The number of nitriles is 1. The molecular weight excluding hydrogens is 497 g/mol. The molecule has 4 aromatic rings. The number of aliphatic hydroxyl groups excluding tert-OH is 1. The molecule has 1 fully saturated rings. The van der Waals surface area contributed by atoms with Crippen molar-refractivity contribution >= 4 is 40.0 Å². The van der Waals surface area contributed by atoms with Crippen LogP contribution in [0.2, 0.25) is 10.0 Å². The lowest BCUT2D eigenvalue weighted by atomic mass is 10.0. The van der Waals surface area contributed by atoms with Crippen LogP contribution in [0.3, 0.4) is 0 Å². The van der Waals surface area contributed by atoms with Gasteiger partial charge in [0.15, 0.2) is 0 Å². The van der Waals surface area contributed by atoms with Crippen molar-refractivity contribution in [3.8, 4) is 11.8 Å². The van der Waals surface area contributed by atoms with Gasteiger partial charge in [-0.15, -0.1) is 0 Å². The van der Waals surface area contributed by atoms with Crippen molar-refractivity contribution in [1.29, 1.82) is 5.26 Å². The molecule has 1 N–H and O–H groups in total. The van der Waals surface area contributed by atoms with Crippen LogP contribution in [0.4, 0.5) is 0 Å². The Morgan fingerprint density at radius 3 is 2.50 bits per heavy atom. The Morgan fingerprint density at radius 1 is 1.08 bits per heavy atom. The first kappa shape index (κ1) is 24.4. The van der Waals surface area contributed by atoms with Gasteiger partial charge in [0.05, 0.1) is 46.6 Å². The molecule has 2 heterocycles. The van der Waals surface area contributed by atoms with Crippen molar-refractivity contribution in [2.75, 3.05) is 26.3 Å². The lowest BCUT2D eigenvalue weighted by Gasteiger charge is -2.28. The van der Waals surface area contributed by atoms with E-state index < -0.39 is 6.10 Å². The molecule has 1 atom stereocenters. The van der Waals surface area contributed by atoms with Crippen LogP contribution >= 0.6 is 23.2 Å². The third kappa shape index (κ3) is 4.25. The van der Waals surface area contributed by atoms with E-state index in [0.29, 0.717) is 37.6 Å². The lowest BCUT2D eigenvalue weighted by Crippen LogP contribution is -2.40. The van der Waals surface area contributed by atoms with E-state index in [1.807, 2.05) is 54.0 Å². The Kier molecular flexibility index (Phi) is 6.74. The summed E-state index contributed by atoms with van der Waals surface area (Å²) in [5.74, 6) is -0.230. The molecule has 6 nitrogen and oxygen atoms in total. The summed E-state index contributed by atoms with van der Waals surface area (Å²) in [4.78, 5) is 14.9. The Labute approximate surface area is 218 Å². The second-order valence-electron chi connectivity index (χ2n) is 8.71. The van der Waals surface area contributed by atoms with Crippen LogP contribution in [0.15, 0.2) is 60.7 Å². The Hall–Kier alpha value is -3.34. The van der Waals surface area contributed by atoms with E-state index in [2.05, 4.69) is 6.07 Å². The van der Waals surface area contributed by atoms with Crippen molar-refractivity contribution in [1.82, 2.24) is 9.47 Å². The molecule has 1 saturated heterocycles. The first-order chi connectivity index (χ1) is 17.4. The number of aryl methyl sites for hydroxylation is 1. The van der Waals surface area contributed by atoms with Crippen LogP contribution in [-0.4, -0.2) is 46.8 Å². The summed E-state index contributed by atoms with van der Waals surface area (Å²) in [6.07, 6.45) is -1.24. The molecule has 1 amide bonds. The number of para-hydroxylation sites is 1. The van der Waals surface area contributed by atoms with Crippen LogP contribution in [-0.2, 0) is 4.74 Å². The summed E-state index contributed by atoms with van der Waals surface area (Å²) in [7, 11) is 0. The van der Waals surface area contributed by atoms with Crippen LogP contribution in [0.1, 0.15) is 38.8 Å². The Balaban J connectivity index is 1.69. The van der Waals surface area contributed by atoms with Crippen molar-refractivity contribution in [3.05, 3.63) is 98.7 Å². The highest BCUT2D eigenvalue weighted by molar-refractivity contribution is 6.38. The van der Waals surface area contributed by atoms with Gasteiger partial charge in [0, 0.05) is 34.7 Å². The quantitative estimate of drug-likeness (QED) is 0.376. The van der Waals surface area contributed by atoms with Crippen molar-refractivity contribution < 1.29 is 14.6 Å². The third-order valence-electron chi connectivity index (χ3n) is 6.51. The fraction of sp³-hybridized carbons (Fsp3) is 0.214. The van der Waals surface area contributed by atoms with E-state index in [1.165, 1.54) is 0 Å². The second-order valence-corrected chi connectivity index (χ2v) is 9.49. The van der Waals surface area contributed by atoms with Gasteiger partial charge in [-0.1, -0.05) is 41.4 Å². The minimum Gasteiger partial charge on any atom is -0.382 e. The smallest absolute Gasteiger partial charge is 0.255 e. The fourth-order valence-corrected chi connectivity index (χ4v) is 5.36. The van der Waals surface area contributed by atoms with E-state index in [-0.39, 0.29) is 27.1 Å². The normalized spacial score (nSPS) is 14.6. The van der Waals surface area contributed by atoms with Gasteiger partial charge in [-0.05, 0) is 55.0 Å². The first-order valence-electron chi connectivity index (χ1n) is 11.5. The lowest BCUT2D eigenvalue weighted by molar-refractivity contribution is 0.0303. The number of aliphatic hydroxyl groups is 1. The molecule has 5 rings (SSSR count). The summed E-state index contributed by atoms with van der Waals surface area (Å²) in [6.45, 7) is 3.80. The number of fused-ring (bicyclic) bond motifs is 1. The monoisotopic (exact) mass is 519 g/mol. The maximum Gasteiger partial charge on any atom is 0.255 e. The van der Waals surface area contributed by atoms with Gasteiger partial charge in [0.2, 0.25) is 0 Å². The number of nitrogens with zero attached hydrogens (tertiary/aromatic N) is 3. The van der Waals surface area contributed by atoms with Crippen molar-refractivity contribution in [3.63, 3.8) is 0 Å². The Bertz CT molecular complexity index is 1500. The van der Waals surface area contributed by atoms with Gasteiger partial charge < -0.3 is 19.3 Å².